The summed E-state index contributed by atoms with van der Waals surface area (Å²) in [6, 6.07) is 21.6. The lowest BCUT2D eigenvalue weighted by molar-refractivity contribution is -0.141. The van der Waals surface area contributed by atoms with E-state index >= 15 is 0 Å². The van der Waals surface area contributed by atoms with E-state index in [1.807, 2.05) is 61.5 Å². The van der Waals surface area contributed by atoms with E-state index in [0.717, 1.165) is 15.6 Å². The van der Waals surface area contributed by atoms with Crippen molar-refractivity contribution >= 4 is 43.7 Å². The van der Waals surface area contributed by atoms with Gasteiger partial charge in [-0.3, -0.25) is 14.4 Å². The third-order valence-corrected chi connectivity index (χ3v) is 8.53. The van der Waals surface area contributed by atoms with Crippen LogP contribution in [0.4, 0.5) is 0 Å². The van der Waals surface area contributed by atoms with Crippen molar-refractivity contribution in [2.24, 2.45) is 0 Å². The van der Waals surface area contributed by atoms with Crippen LogP contribution < -0.4 is 5.32 Å². The Balaban J connectivity index is 1.70. The minimum Gasteiger partial charge on any atom is -0.354 e. The summed E-state index contributed by atoms with van der Waals surface area (Å²) < 4.78 is 27.7. The monoisotopic (exact) mass is 597 g/mol. The Bertz CT molecular complexity index is 1450. The number of halogens is 1. The van der Waals surface area contributed by atoms with Crippen molar-refractivity contribution in [3.63, 3.8) is 0 Å². The molecule has 1 aliphatic heterocycles. The first-order chi connectivity index (χ1) is 18.2. The first-order valence-electron chi connectivity index (χ1n) is 12.2. The van der Waals surface area contributed by atoms with Gasteiger partial charge in [0.1, 0.15) is 17.5 Å². The molecule has 0 bridgehead atoms. The number of hydrogen-bond donors (Lipinski definition) is 1. The molecule has 1 atom stereocenters. The van der Waals surface area contributed by atoms with Gasteiger partial charge in [-0.25, -0.2) is 12.7 Å². The topological polar surface area (TPSA) is 104 Å². The van der Waals surface area contributed by atoms with E-state index in [0.29, 0.717) is 17.3 Å². The number of nitrogens with zero attached hydrogens (tertiary/aromatic N) is 2. The number of nitrogens with one attached hydrogen (secondary N) is 1. The van der Waals surface area contributed by atoms with Gasteiger partial charge in [0.15, 0.2) is 0 Å². The molecule has 198 valence electrons. The molecule has 0 saturated carbocycles. The van der Waals surface area contributed by atoms with Crippen LogP contribution in [0.3, 0.4) is 0 Å². The van der Waals surface area contributed by atoms with Crippen LogP contribution in [0, 0.1) is 0 Å². The third kappa shape index (κ3) is 5.97. The zero-order chi connectivity index (χ0) is 27.3. The van der Waals surface area contributed by atoms with Gasteiger partial charge in [-0.05, 0) is 41.8 Å². The molecule has 3 amide bonds. The molecule has 0 radical (unpaired) electrons. The van der Waals surface area contributed by atoms with Crippen molar-refractivity contribution in [3.8, 4) is 0 Å². The largest absolute Gasteiger partial charge is 0.354 e. The minimum atomic E-state index is -4.19. The zero-order valence-corrected chi connectivity index (χ0v) is 23.2. The van der Waals surface area contributed by atoms with Crippen LogP contribution in [-0.4, -0.2) is 54.5 Å². The second-order valence-electron chi connectivity index (χ2n) is 8.96. The summed E-state index contributed by atoms with van der Waals surface area (Å²) in [6.45, 7) is 1.69. The quantitative estimate of drug-likeness (QED) is 0.383. The summed E-state index contributed by atoms with van der Waals surface area (Å²) in [6.07, 6.45) is 0.930. The molecule has 1 unspecified atom stereocenters. The lowest BCUT2D eigenvalue weighted by atomic mass is 10.0. The van der Waals surface area contributed by atoms with Gasteiger partial charge < -0.3 is 10.2 Å². The number of carbonyl (C=O) groups is 3. The standard InChI is InChI=1S/C28H28BrN3O5S/c1-2-15-30-27(34)24(17-20-9-4-3-5-10-20)31(18-21-11-8-12-22(29)16-21)26(33)19-32-28(35)23-13-6-7-14-25(23)38(32,36)37/h3-14,16,24H,2,15,17-19H2,1H3,(H,30,34). The van der Waals surface area contributed by atoms with E-state index < -0.39 is 34.4 Å². The SMILES string of the molecule is CCCNC(=O)C(Cc1ccccc1)N(Cc1cccc(Br)c1)C(=O)CN1C(=O)c2ccccc2S1(=O)=O. The van der Waals surface area contributed by atoms with Crippen LogP contribution in [0.1, 0.15) is 34.8 Å². The van der Waals surface area contributed by atoms with Gasteiger partial charge in [0.05, 0.1) is 5.56 Å². The summed E-state index contributed by atoms with van der Waals surface area (Å²) in [5.41, 5.74) is 1.61. The van der Waals surface area contributed by atoms with Crippen LogP contribution in [-0.2, 0) is 32.6 Å². The Labute approximate surface area is 230 Å². The fraction of sp³-hybridized carbons (Fsp3) is 0.250. The van der Waals surface area contributed by atoms with E-state index in [9.17, 15) is 22.8 Å². The molecule has 3 aromatic carbocycles. The number of benzene rings is 3. The van der Waals surface area contributed by atoms with Gasteiger partial charge in [-0.1, -0.05) is 77.5 Å². The maximum absolute atomic E-state index is 13.9. The van der Waals surface area contributed by atoms with Gasteiger partial charge in [0.2, 0.25) is 11.8 Å². The Hall–Kier alpha value is -3.50. The molecule has 1 N–H and O–H groups in total. The minimum absolute atomic E-state index is 0.0281. The molecule has 0 spiro atoms. The number of rotatable bonds is 10. The van der Waals surface area contributed by atoms with Gasteiger partial charge in [-0.2, -0.15) is 0 Å². The van der Waals surface area contributed by atoms with Crippen LogP contribution in [0.2, 0.25) is 0 Å². The van der Waals surface area contributed by atoms with Gasteiger partial charge in [0, 0.05) is 24.0 Å². The summed E-state index contributed by atoms with van der Waals surface area (Å²) in [4.78, 5) is 41.5. The predicted molar refractivity (Wildman–Crippen MR) is 147 cm³/mol. The summed E-state index contributed by atoms with van der Waals surface area (Å²) in [7, 11) is -4.19. The van der Waals surface area contributed by atoms with E-state index in [-0.39, 0.29) is 29.3 Å². The molecule has 3 aromatic rings. The normalized spacial score (nSPS) is 14.6. The second-order valence-corrected chi connectivity index (χ2v) is 11.7. The number of fused-ring (bicyclic) bond motifs is 1. The number of amides is 3. The smallest absolute Gasteiger partial charge is 0.269 e. The van der Waals surface area contributed by atoms with Gasteiger partial charge >= 0.3 is 0 Å². The second kappa shape index (κ2) is 11.9. The van der Waals surface area contributed by atoms with E-state index in [2.05, 4.69) is 21.2 Å². The fourth-order valence-corrected chi connectivity index (χ4v) is 6.32. The first-order valence-corrected chi connectivity index (χ1v) is 14.5. The van der Waals surface area contributed by atoms with E-state index in [1.54, 1.807) is 6.07 Å². The molecular formula is C28H28BrN3O5S. The molecule has 10 heteroatoms. The highest BCUT2D eigenvalue weighted by Gasteiger charge is 2.43. The Morgan fingerprint density at radius 1 is 0.974 bits per heavy atom. The Kier molecular flexibility index (Phi) is 8.63. The van der Waals surface area contributed by atoms with Crippen molar-refractivity contribution < 1.29 is 22.8 Å². The molecule has 0 fully saturated rings. The highest BCUT2D eigenvalue weighted by atomic mass is 79.9. The molecule has 0 aromatic heterocycles. The highest BCUT2D eigenvalue weighted by molar-refractivity contribution is 9.10. The molecule has 38 heavy (non-hydrogen) atoms. The molecule has 8 nitrogen and oxygen atoms in total. The average Bonchev–Trinajstić information content (AvgIpc) is 3.10. The maximum Gasteiger partial charge on any atom is 0.269 e. The molecule has 4 rings (SSSR count). The highest BCUT2D eigenvalue weighted by Crippen LogP contribution is 2.30. The van der Waals surface area contributed by atoms with Gasteiger partial charge in [-0.15, -0.1) is 0 Å². The zero-order valence-electron chi connectivity index (χ0n) is 20.8. The third-order valence-electron chi connectivity index (χ3n) is 6.25. The molecule has 1 heterocycles. The van der Waals surface area contributed by atoms with E-state index in [1.165, 1.54) is 23.1 Å². The van der Waals surface area contributed by atoms with Crippen molar-refractivity contribution in [2.75, 3.05) is 13.1 Å². The van der Waals surface area contributed by atoms with Crippen molar-refractivity contribution in [3.05, 3.63) is 100 Å². The van der Waals surface area contributed by atoms with Crippen LogP contribution >= 0.6 is 15.9 Å². The van der Waals surface area contributed by atoms with Crippen molar-refractivity contribution in [1.82, 2.24) is 14.5 Å². The molecule has 0 aliphatic carbocycles. The van der Waals surface area contributed by atoms with E-state index in [4.69, 9.17) is 0 Å². The summed E-state index contributed by atoms with van der Waals surface area (Å²) in [5.74, 6) is -1.76. The maximum atomic E-state index is 13.9. The molecule has 0 saturated heterocycles. The van der Waals surface area contributed by atoms with Crippen LogP contribution in [0.5, 0.6) is 0 Å². The lowest BCUT2D eigenvalue weighted by Gasteiger charge is -2.32. The number of carbonyl (C=O) groups excluding carboxylic acids is 3. The number of hydrogen-bond acceptors (Lipinski definition) is 5. The van der Waals surface area contributed by atoms with Crippen LogP contribution in [0.15, 0.2) is 88.2 Å². The molecular weight excluding hydrogens is 570 g/mol. The predicted octanol–water partition coefficient (Wildman–Crippen LogP) is 3.76. The lowest BCUT2D eigenvalue weighted by Crippen LogP contribution is -2.53. The molecule has 1 aliphatic rings. The average molecular weight is 599 g/mol. The Morgan fingerprint density at radius 2 is 1.66 bits per heavy atom. The Morgan fingerprint density at radius 3 is 2.34 bits per heavy atom. The first kappa shape index (κ1) is 27.5. The number of sulfonamides is 1. The van der Waals surface area contributed by atoms with Crippen molar-refractivity contribution in [2.45, 2.75) is 37.2 Å². The van der Waals surface area contributed by atoms with Gasteiger partial charge in [0.25, 0.3) is 15.9 Å². The fourth-order valence-electron chi connectivity index (χ4n) is 4.35. The van der Waals surface area contributed by atoms with Crippen molar-refractivity contribution in [1.29, 1.82) is 0 Å². The summed E-state index contributed by atoms with van der Waals surface area (Å²) >= 11 is 3.44. The summed E-state index contributed by atoms with van der Waals surface area (Å²) in [5, 5.41) is 2.88. The van der Waals surface area contributed by atoms with Crippen LogP contribution in [0.25, 0.3) is 0 Å².